The van der Waals surface area contributed by atoms with Crippen molar-refractivity contribution in [2.75, 3.05) is 6.61 Å². The average Bonchev–Trinajstić information content (AvgIpc) is 3.38. The first-order valence-electron chi connectivity index (χ1n) is 9.96. The number of amides is 1. The van der Waals surface area contributed by atoms with Crippen LogP contribution in [-0.4, -0.2) is 34.7 Å². The second-order valence-corrected chi connectivity index (χ2v) is 14.7. The quantitative estimate of drug-likeness (QED) is 0.478. The van der Waals surface area contributed by atoms with E-state index in [1.807, 2.05) is 42.3 Å². The number of benzene rings is 1. The van der Waals surface area contributed by atoms with E-state index < -0.39 is 8.07 Å². The predicted octanol–water partition coefficient (Wildman–Crippen LogP) is 4.37. The molecule has 1 fully saturated rings. The molecule has 0 bridgehead atoms. The average molecular weight is 578 g/mol. The maximum atomic E-state index is 13.3. The number of carbonyl (C=O) groups is 1. The van der Waals surface area contributed by atoms with Gasteiger partial charge in [0.1, 0.15) is 0 Å². The molecule has 3 heterocycles. The van der Waals surface area contributed by atoms with E-state index in [4.69, 9.17) is 9.15 Å². The number of hydrazine groups is 1. The zero-order valence-corrected chi connectivity index (χ0v) is 21.1. The van der Waals surface area contributed by atoms with Crippen LogP contribution in [0.2, 0.25) is 19.6 Å². The van der Waals surface area contributed by atoms with Crippen molar-refractivity contribution in [2.45, 2.75) is 45.1 Å². The molecule has 0 N–H and O–H groups in total. The molecule has 29 heavy (non-hydrogen) atoms. The normalized spacial score (nSPS) is 22.5. The second kappa shape index (κ2) is 7.91. The van der Waals surface area contributed by atoms with Gasteiger partial charge in [0.25, 0.3) is 0 Å². The standard InChI is InChI=1S/C22H26N2O3Si.W/c1-5-26-15-17-21(19-12-9-13-27-19)23-18(16-10-7-6-8-11-16)14-20(25)24(23)22(17)28(2,3)4;/h6-13,18,21H,5,14H2,1-4H3;/t18-,21+;/m0./s1. The minimum absolute atomic E-state index is 0.0212. The van der Waals surface area contributed by atoms with E-state index in [0.717, 1.165) is 26.3 Å². The molecule has 5 nitrogen and oxygen atoms in total. The Bertz CT molecular complexity index is 950. The molecule has 0 saturated carbocycles. The molecule has 0 unspecified atom stereocenters. The van der Waals surface area contributed by atoms with Gasteiger partial charge in [-0.2, -0.15) is 0 Å². The number of hydrogen-bond acceptors (Lipinski definition) is 4. The Morgan fingerprint density at radius 1 is 1.21 bits per heavy atom. The number of hydrogen-bond donors (Lipinski definition) is 0. The monoisotopic (exact) mass is 578 g/mol. The van der Waals surface area contributed by atoms with Gasteiger partial charge in [0, 0.05) is 0 Å². The zero-order valence-electron chi connectivity index (χ0n) is 17.2. The summed E-state index contributed by atoms with van der Waals surface area (Å²) in [7, 11) is -1.88. The van der Waals surface area contributed by atoms with Crippen LogP contribution in [0.4, 0.5) is 0 Å². The van der Waals surface area contributed by atoms with E-state index in [9.17, 15) is 4.79 Å². The molecule has 0 radical (unpaired) electrons. The van der Waals surface area contributed by atoms with Crippen molar-refractivity contribution in [1.29, 1.82) is 0 Å². The molecule has 152 valence electrons. The Labute approximate surface area is 183 Å². The predicted molar refractivity (Wildman–Crippen MR) is 111 cm³/mol. The van der Waals surface area contributed by atoms with E-state index in [2.05, 4.69) is 36.8 Å². The fourth-order valence-electron chi connectivity index (χ4n) is 4.33. The maximum absolute atomic E-state index is 13.3. The Kier molecular flexibility index (Phi) is 5.64. The molecular formula is C22H26N2O3SiW. The van der Waals surface area contributed by atoms with Gasteiger partial charge in [-0.25, -0.2) is 0 Å². The summed E-state index contributed by atoms with van der Waals surface area (Å²) in [6.45, 7) is 9.50. The molecule has 2 aromatic rings. The van der Waals surface area contributed by atoms with E-state index in [1.54, 1.807) is 6.26 Å². The van der Waals surface area contributed by atoms with Gasteiger partial charge in [-0.05, 0) is 0 Å². The third kappa shape index (κ3) is 3.57. The molecular weight excluding hydrogens is 552 g/mol. The molecule has 1 amide bonds. The number of fused-ring (bicyclic) bond motifs is 1. The topological polar surface area (TPSA) is 45.9 Å². The van der Waals surface area contributed by atoms with Crippen LogP contribution in [0.5, 0.6) is 0 Å². The minimum atomic E-state index is -1.88. The molecule has 4 rings (SSSR count). The fraction of sp³-hybridized carbons (Fsp3) is 0.364. The van der Waals surface area contributed by atoms with Gasteiger partial charge in [-0.15, -0.1) is 0 Å². The van der Waals surface area contributed by atoms with Crippen molar-refractivity contribution in [1.82, 2.24) is 10.0 Å². The van der Waals surface area contributed by atoms with Crippen molar-refractivity contribution in [3.63, 3.8) is 0 Å². The summed E-state index contributed by atoms with van der Waals surface area (Å²) in [5.41, 5.74) is 2.28. The van der Waals surface area contributed by atoms with Gasteiger partial charge < -0.3 is 0 Å². The van der Waals surface area contributed by atoms with Crippen molar-refractivity contribution in [3.05, 3.63) is 70.9 Å². The summed E-state index contributed by atoms with van der Waals surface area (Å²) in [4.78, 5) is 13.3. The third-order valence-corrected chi connectivity index (χ3v) is 8.48. The van der Waals surface area contributed by atoms with E-state index in [-0.39, 0.29) is 18.0 Å². The van der Waals surface area contributed by atoms with Gasteiger partial charge in [0.15, 0.2) is 0 Å². The second-order valence-electron chi connectivity index (χ2n) is 8.37. The van der Waals surface area contributed by atoms with E-state index in [0.29, 0.717) is 13.0 Å². The van der Waals surface area contributed by atoms with Gasteiger partial charge in [-0.1, -0.05) is 0 Å². The number of ether oxygens (including phenoxy) is 1. The molecule has 0 aliphatic carbocycles. The summed E-state index contributed by atoms with van der Waals surface area (Å²) in [5, 5.41) is 5.36. The van der Waals surface area contributed by atoms with Gasteiger partial charge in [-0.3, -0.25) is 0 Å². The SMILES string of the molecule is CCO[C](=[W])C1=C([Si](C)(C)C)N2C(=O)C[C@@H](c3ccccc3)N2[C@H]1c1ccco1. The molecule has 1 aromatic carbocycles. The van der Waals surface area contributed by atoms with Crippen LogP contribution in [0.15, 0.2) is 64.0 Å². The molecule has 2 atom stereocenters. The Morgan fingerprint density at radius 2 is 1.93 bits per heavy atom. The van der Waals surface area contributed by atoms with Crippen molar-refractivity contribution >= 4 is 18.1 Å². The first-order valence-corrected chi connectivity index (χ1v) is 14.9. The van der Waals surface area contributed by atoms with E-state index in [1.165, 1.54) is 19.4 Å². The van der Waals surface area contributed by atoms with Gasteiger partial charge in [0.2, 0.25) is 0 Å². The molecule has 1 aromatic heterocycles. The molecule has 1 saturated heterocycles. The summed E-state index contributed by atoms with van der Waals surface area (Å²) in [6.07, 6.45) is 2.19. The van der Waals surface area contributed by atoms with Gasteiger partial charge in [0.05, 0.1) is 0 Å². The summed E-state index contributed by atoms with van der Waals surface area (Å²) >= 11 is 1.27. The summed E-state index contributed by atoms with van der Waals surface area (Å²) in [6, 6.07) is 14.1. The van der Waals surface area contributed by atoms with Crippen LogP contribution in [0.25, 0.3) is 0 Å². The number of furan rings is 1. The number of carbonyl (C=O) groups excluding carboxylic acids is 1. The van der Waals surface area contributed by atoms with Crippen LogP contribution in [0.1, 0.15) is 36.8 Å². The van der Waals surface area contributed by atoms with Crippen molar-refractivity contribution < 1.29 is 33.3 Å². The molecule has 7 heteroatoms. The Balaban J connectivity index is 1.93. The van der Waals surface area contributed by atoms with Crippen LogP contribution < -0.4 is 0 Å². The van der Waals surface area contributed by atoms with Crippen LogP contribution >= 0.6 is 0 Å². The molecule has 2 aliphatic rings. The van der Waals surface area contributed by atoms with Crippen molar-refractivity contribution in [3.8, 4) is 0 Å². The number of nitrogens with zero attached hydrogens (tertiary/aromatic N) is 2. The number of rotatable bonds is 6. The molecule has 0 spiro atoms. The van der Waals surface area contributed by atoms with Crippen LogP contribution in [0, 0.1) is 0 Å². The van der Waals surface area contributed by atoms with Crippen LogP contribution in [0.3, 0.4) is 0 Å². The molecule has 2 aliphatic heterocycles. The Morgan fingerprint density at radius 3 is 2.52 bits per heavy atom. The van der Waals surface area contributed by atoms with E-state index >= 15 is 0 Å². The Hall–Kier alpha value is -1.59. The zero-order chi connectivity index (χ0) is 20.8. The van der Waals surface area contributed by atoms with Crippen molar-refractivity contribution in [2.24, 2.45) is 0 Å². The van der Waals surface area contributed by atoms with Crippen LogP contribution in [-0.2, 0) is 28.9 Å². The fourth-order valence-corrected chi connectivity index (χ4v) is 7.79. The summed E-state index contributed by atoms with van der Waals surface area (Å²) < 4.78 is 12.9. The first kappa shape index (κ1) is 20.7. The first-order chi connectivity index (χ1) is 13.8. The summed E-state index contributed by atoms with van der Waals surface area (Å²) in [5.74, 6) is 1.01. The third-order valence-electron chi connectivity index (χ3n) is 5.36. The van der Waals surface area contributed by atoms with Gasteiger partial charge >= 0.3 is 184 Å².